The Hall–Kier alpha value is -1.84. The molecule has 2 aromatic heterocycles. The molecule has 0 radical (unpaired) electrons. The SMILES string of the molecule is CCNc1cc(NCC)c2cccnc2n1. The van der Waals surface area contributed by atoms with Gasteiger partial charge >= 0.3 is 0 Å². The van der Waals surface area contributed by atoms with Crippen LogP contribution in [-0.2, 0) is 0 Å². The fourth-order valence-corrected chi connectivity index (χ4v) is 1.67. The summed E-state index contributed by atoms with van der Waals surface area (Å²) in [5.74, 6) is 0.865. The van der Waals surface area contributed by atoms with Crippen LogP contribution in [0.1, 0.15) is 13.8 Å². The van der Waals surface area contributed by atoms with Gasteiger partial charge in [0, 0.05) is 36.4 Å². The van der Waals surface area contributed by atoms with Crippen molar-refractivity contribution in [3.63, 3.8) is 0 Å². The third kappa shape index (κ3) is 2.05. The molecule has 2 N–H and O–H groups in total. The molecule has 0 fully saturated rings. The van der Waals surface area contributed by atoms with E-state index in [1.165, 1.54) is 0 Å². The average molecular weight is 216 g/mol. The number of rotatable bonds is 4. The Morgan fingerprint density at radius 1 is 1.19 bits per heavy atom. The van der Waals surface area contributed by atoms with Crippen molar-refractivity contribution < 1.29 is 0 Å². The number of aromatic nitrogens is 2. The highest BCUT2D eigenvalue weighted by atomic mass is 15.0. The van der Waals surface area contributed by atoms with E-state index in [2.05, 4.69) is 34.4 Å². The van der Waals surface area contributed by atoms with Crippen LogP contribution in [0.2, 0.25) is 0 Å². The molecule has 0 aliphatic rings. The summed E-state index contributed by atoms with van der Waals surface area (Å²) in [6.07, 6.45) is 1.76. The molecule has 0 unspecified atom stereocenters. The first kappa shape index (κ1) is 10.7. The van der Waals surface area contributed by atoms with E-state index in [1.807, 2.05) is 18.2 Å². The highest BCUT2D eigenvalue weighted by molar-refractivity contribution is 5.90. The van der Waals surface area contributed by atoms with Crippen LogP contribution in [0, 0.1) is 0 Å². The highest BCUT2D eigenvalue weighted by Crippen LogP contribution is 2.23. The van der Waals surface area contributed by atoms with Gasteiger partial charge in [-0.25, -0.2) is 9.97 Å². The van der Waals surface area contributed by atoms with Gasteiger partial charge in [-0.15, -0.1) is 0 Å². The molecule has 4 nitrogen and oxygen atoms in total. The van der Waals surface area contributed by atoms with Gasteiger partial charge < -0.3 is 10.6 Å². The summed E-state index contributed by atoms with van der Waals surface area (Å²) < 4.78 is 0. The smallest absolute Gasteiger partial charge is 0.163 e. The lowest BCUT2D eigenvalue weighted by Gasteiger charge is -2.10. The van der Waals surface area contributed by atoms with Crippen LogP contribution in [0.3, 0.4) is 0 Å². The summed E-state index contributed by atoms with van der Waals surface area (Å²) in [7, 11) is 0. The summed E-state index contributed by atoms with van der Waals surface area (Å²) >= 11 is 0. The second kappa shape index (κ2) is 4.79. The predicted octanol–water partition coefficient (Wildman–Crippen LogP) is 2.49. The summed E-state index contributed by atoms with van der Waals surface area (Å²) in [6, 6.07) is 5.98. The molecule has 0 saturated carbocycles. The van der Waals surface area contributed by atoms with E-state index in [0.717, 1.165) is 35.6 Å². The van der Waals surface area contributed by atoms with Gasteiger partial charge in [0.15, 0.2) is 5.65 Å². The predicted molar refractivity (Wildman–Crippen MR) is 67.9 cm³/mol. The van der Waals surface area contributed by atoms with Crippen molar-refractivity contribution in [1.29, 1.82) is 0 Å². The Bertz CT molecular complexity index is 481. The molecule has 0 spiro atoms. The lowest BCUT2D eigenvalue weighted by atomic mass is 10.2. The van der Waals surface area contributed by atoms with E-state index in [4.69, 9.17) is 0 Å². The van der Waals surface area contributed by atoms with Crippen molar-refractivity contribution in [2.24, 2.45) is 0 Å². The van der Waals surface area contributed by atoms with Crippen LogP contribution < -0.4 is 10.6 Å². The number of nitrogens with one attached hydrogen (secondary N) is 2. The number of anilines is 2. The lowest BCUT2D eigenvalue weighted by molar-refractivity contribution is 1.15. The molecule has 0 bridgehead atoms. The van der Waals surface area contributed by atoms with Gasteiger partial charge in [0.25, 0.3) is 0 Å². The number of hydrogen-bond acceptors (Lipinski definition) is 4. The minimum atomic E-state index is 0.775. The lowest BCUT2D eigenvalue weighted by Crippen LogP contribution is -2.03. The first-order valence-corrected chi connectivity index (χ1v) is 5.58. The van der Waals surface area contributed by atoms with Crippen molar-refractivity contribution in [1.82, 2.24) is 9.97 Å². The minimum Gasteiger partial charge on any atom is -0.385 e. The van der Waals surface area contributed by atoms with Crippen LogP contribution in [-0.4, -0.2) is 23.1 Å². The quantitative estimate of drug-likeness (QED) is 0.824. The summed E-state index contributed by atoms with van der Waals surface area (Å²) in [6.45, 7) is 5.88. The molecule has 0 atom stereocenters. The fourth-order valence-electron chi connectivity index (χ4n) is 1.67. The summed E-state index contributed by atoms with van der Waals surface area (Å²) in [4.78, 5) is 8.72. The molecule has 0 amide bonds. The molecule has 0 aromatic carbocycles. The normalized spacial score (nSPS) is 10.4. The second-order valence-corrected chi connectivity index (χ2v) is 3.49. The number of hydrogen-bond donors (Lipinski definition) is 2. The Morgan fingerprint density at radius 2 is 2.00 bits per heavy atom. The van der Waals surface area contributed by atoms with Crippen molar-refractivity contribution in [2.45, 2.75) is 13.8 Å². The van der Waals surface area contributed by atoms with Gasteiger partial charge in [-0.3, -0.25) is 0 Å². The Labute approximate surface area is 95.1 Å². The number of pyridine rings is 2. The van der Waals surface area contributed by atoms with Crippen LogP contribution in [0.5, 0.6) is 0 Å². The zero-order valence-corrected chi connectivity index (χ0v) is 9.62. The van der Waals surface area contributed by atoms with E-state index in [0.29, 0.717) is 0 Å². The van der Waals surface area contributed by atoms with E-state index in [9.17, 15) is 0 Å². The Kier molecular flexibility index (Phi) is 3.19. The van der Waals surface area contributed by atoms with Gasteiger partial charge in [0.2, 0.25) is 0 Å². The van der Waals surface area contributed by atoms with Gasteiger partial charge in [-0.05, 0) is 26.0 Å². The first-order valence-electron chi connectivity index (χ1n) is 5.58. The first-order chi connectivity index (χ1) is 7.85. The standard InChI is InChI=1S/C12H16N4/c1-3-13-10-8-11(14-4-2)16-12-9(10)6-5-7-15-12/h5-8H,3-4H2,1-2H3,(H2,13,14,15,16). The van der Waals surface area contributed by atoms with E-state index < -0.39 is 0 Å². The van der Waals surface area contributed by atoms with E-state index >= 15 is 0 Å². The van der Waals surface area contributed by atoms with Crippen LogP contribution in [0.4, 0.5) is 11.5 Å². The molecular weight excluding hydrogens is 200 g/mol. The largest absolute Gasteiger partial charge is 0.385 e. The van der Waals surface area contributed by atoms with Gasteiger partial charge in [-0.2, -0.15) is 0 Å². The Morgan fingerprint density at radius 3 is 2.75 bits per heavy atom. The molecule has 2 heterocycles. The van der Waals surface area contributed by atoms with Crippen molar-refractivity contribution in [2.75, 3.05) is 23.7 Å². The number of nitrogens with zero attached hydrogens (tertiary/aromatic N) is 2. The van der Waals surface area contributed by atoms with Gasteiger partial charge in [0.1, 0.15) is 5.82 Å². The monoisotopic (exact) mass is 216 g/mol. The summed E-state index contributed by atoms with van der Waals surface area (Å²) in [5.41, 5.74) is 1.86. The van der Waals surface area contributed by atoms with Crippen LogP contribution >= 0.6 is 0 Å². The maximum Gasteiger partial charge on any atom is 0.163 e. The molecule has 84 valence electrons. The van der Waals surface area contributed by atoms with Crippen LogP contribution in [0.15, 0.2) is 24.4 Å². The molecule has 2 aromatic rings. The topological polar surface area (TPSA) is 49.8 Å². The number of fused-ring (bicyclic) bond motifs is 1. The third-order valence-corrected chi connectivity index (χ3v) is 2.31. The molecule has 4 heteroatoms. The molecule has 0 aliphatic heterocycles. The third-order valence-electron chi connectivity index (χ3n) is 2.31. The average Bonchev–Trinajstić information content (AvgIpc) is 2.30. The van der Waals surface area contributed by atoms with Gasteiger partial charge in [0.05, 0.1) is 0 Å². The highest BCUT2D eigenvalue weighted by Gasteiger charge is 2.04. The molecule has 2 rings (SSSR count). The van der Waals surface area contributed by atoms with Crippen LogP contribution in [0.25, 0.3) is 11.0 Å². The molecule has 0 aliphatic carbocycles. The molecule has 16 heavy (non-hydrogen) atoms. The van der Waals surface area contributed by atoms with Gasteiger partial charge in [-0.1, -0.05) is 0 Å². The molecular formula is C12H16N4. The van der Waals surface area contributed by atoms with Crippen molar-refractivity contribution in [3.05, 3.63) is 24.4 Å². The fraction of sp³-hybridized carbons (Fsp3) is 0.333. The minimum absolute atomic E-state index is 0.775. The zero-order chi connectivity index (χ0) is 11.4. The second-order valence-electron chi connectivity index (χ2n) is 3.49. The zero-order valence-electron chi connectivity index (χ0n) is 9.62. The maximum absolute atomic E-state index is 4.45. The summed E-state index contributed by atoms with van der Waals surface area (Å²) in [5, 5.41) is 7.60. The van der Waals surface area contributed by atoms with E-state index in [-0.39, 0.29) is 0 Å². The maximum atomic E-state index is 4.45. The van der Waals surface area contributed by atoms with Crippen molar-refractivity contribution >= 4 is 22.5 Å². The Balaban J connectivity index is 2.54. The van der Waals surface area contributed by atoms with Crippen molar-refractivity contribution in [3.8, 4) is 0 Å². The van der Waals surface area contributed by atoms with E-state index in [1.54, 1.807) is 6.20 Å². The molecule has 0 saturated heterocycles.